The van der Waals surface area contributed by atoms with Gasteiger partial charge in [0.25, 0.3) is 5.91 Å². The van der Waals surface area contributed by atoms with Crippen LogP contribution in [-0.2, 0) is 9.63 Å². The number of carbonyl (C=O) groups is 2. The van der Waals surface area contributed by atoms with Gasteiger partial charge in [-0.15, -0.1) is 0 Å². The first-order valence-corrected chi connectivity index (χ1v) is 5.40. The van der Waals surface area contributed by atoms with Crippen LogP contribution in [0.2, 0.25) is 0 Å². The molecule has 0 spiro atoms. The summed E-state index contributed by atoms with van der Waals surface area (Å²) in [6.07, 6.45) is 1.29. The molecule has 98 valence electrons. The maximum absolute atomic E-state index is 12.0. The fourth-order valence-corrected chi connectivity index (χ4v) is 1.56. The SMILES string of the molecule is NC(=O)CONC(=O)c1c[nH]c2ccccc2c1=O. The summed E-state index contributed by atoms with van der Waals surface area (Å²) in [4.78, 5) is 41.5. The van der Waals surface area contributed by atoms with Crippen LogP contribution in [0.15, 0.2) is 35.3 Å². The second-order valence-electron chi connectivity index (χ2n) is 3.76. The number of aromatic amines is 1. The van der Waals surface area contributed by atoms with E-state index in [1.165, 1.54) is 6.20 Å². The molecular formula is C12H11N3O4. The van der Waals surface area contributed by atoms with Crippen LogP contribution in [0, 0.1) is 0 Å². The summed E-state index contributed by atoms with van der Waals surface area (Å²) in [6, 6.07) is 6.80. The van der Waals surface area contributed by atoms with Gasteiger partial charge in [0, 0.05) is 17.1 Å². The molecule has 2 amide bonds. The van der Waals surface area contributed by atoms with Crippen LogP contribution in [0.4, 0.5) is 0 Å². The number of hydrogen-bond donors (Lipinski definition) is 3. The minimum atomic E-state index is -0.742. The largest absolute Gasteiger partial charge is 0.368 e. The van der Waals surface area contributed by atoms with Crippen LogP contribution in [0.25, 0.3) is 10.9 Å². The van der Waals surface area contributed by atoms with E-state index in [0.717, 1.165) is 0 Å². The zero-order valence-corrected chi connectivity index (χ0v) is 9.80. The lowest BCUT2D eigenvalue weighted by atomic mass is 10.1. The number of nitrogens with two attached hydrogens (primary N) is 1. The monoisotopic (exact) mass is 261 g/mol. The van der Waals surface area contributed by atoms with Gasteiger partial charge in [-0.25, -0.2) is 5.48 Å². The highest BCUT2D eigenvalue weighted by molar-refractivity contribution is 5.96. The third-order valence-corrected chi connectivity index (χ3v) is 2.41. The Morgan fingerprint density at radius 2 is 2.05 bits per heavy atom. The molecule has 0 aliphatic carbocycles. The lowest BCUT2D eigenvalue weighted by molar-refractivity contribution is -0.124. The van der Waals surface area contributed by atoms with E-state index in [0.29, 0.717) is 10.9 Å². The van der Waals surface area contributed by atoms with Gasteiger partial charge in [0.05, 0.1) is 0 Å². The van der Waals surface area contributed by atoms with Gasteiger partial charge in [-0.1, -0.05) is 12.1 Å². The van der Waals surface area contributed by atoms with Gasteiger partial charge in [-0.3, -0.25) is 19.2 Å². The molecule has 4 N–H and O–H groups in total. The highest BCUT2D eigenvalue weighted by atomic mass is 16.7. The van der Waals surface area contributed by atoms with E-state index in [1.807, 2.05) is 5.48 Å². The third kappa shape index (κ3) is 2.78. The number of carbonyl (C=O) groups excluding carboxylic acids is 2. The van der Waals surface area contributed by atoms with E-state index in [4.69, 9.17) is 5.73 Å². The lowest BCUT2D eigenvalue weighted by Crippen LogP contribution is -2.32. The van der Waals surface area contributed by atoms with E-state index in [1.54, 1.807) is 24.3 Å². The third-order valence-electron chi connectivity index (χ3n) is 2.41. The minimum Gasteiger partial charge on any atom is -0.368 e. The number of aromatic nitrogens is 1. The molecule has 0 aliphatic heterocycles. The van der Waals surface area contributed by atoms with E-state index in [-0.39, 0.29) is 5.56 Å². The Hall–Kier alpha value is -2.67. The van der Waals surface area contributed by atoms with Crippen molar-refractivity contribution in [3.63, 3.8) is 0 Å². The molecule has 19 heavy (non-hydrogen) atoms. The predicted octanol–water partition coefficient (Wildman–Crippen LogP) is -0.325. The summed E-state index contributed by atoms with van der Waals surface area (Å²) in [5, 5.41) is 0.394. The summed E-state index contributed by atoms with van der Waals surface area (Å²) >= 11 is 0. The van der Waals surface area contributed by atoms with Crippen molar-refractivity contribution in [1.29, 1.82) is 0 Å². The average molecular weight is 261 g/mol. The lowest BCUT2D eigenvalue weighted by Gasteiger charge is -2.04. The Bertz CT molecular complexity index is 693. The van der Waals surface area contributed by atoms with Gasteiger partial charge in [0.2, 0.25) is 11.3 Å². The van der Waals surface area contributed by atoms with Crippen LogP contribution in [0.5, 0.6) is 0 Å². The number of nitrogens with one attached hydrogen (secondary N) is 2. The zero-order chi connectivity index (χ0) is 13.8. The highest BCUT2D eigenvalue weighted by Gasteiger charge is 2.12. The molecule has 0 aliphatic rings. The van der Waals surface area contributed by atoms with Crippen LogP contribution in [0.3, 0.4) is 0 Å². The van der Waals surface area contributed by atoms with Crippen LogP contribution < -0.4 is 16.6 Å². The Kier molecular flexibility index (Phi) is 3.58. The van der Waals surface area contributed by atoms with Gasteiger partial charge < -0.3 is 10.7 Å². The fraction of sp³-hybridized carbons (Fsp3) is 0.0833. The minimum absolute atomic E-state index is 0.108. The number of primary amides is 1. The molecule has 1 aromatic heterocycles. The first-order valence-electron chi connectivity index (χ1n) is 5.40. The molecule has 0 atom stereocenters. The molecule has 1 heterocycles. The average Bonchev–Trinajstić information content (AvgIpc) is 2.39. The van der Waals surface area contributed by atoms with Crippen molar-refractivity contribution in [2.75, 3.05) is 6.61 Å². The Labute approximate surface area is 107 Å². The van der Waals surface area contributed by atoms with E-state index in [2.05, 4.69) is 9.82 Å². The Balaban J connectivity index is 2.25. The maximum atomic E-state index is 12.0. The van der Waals surface area contributed by atoms with Crippen molar-refractivity contribution < 1.29 is 14.4 Å². The number of rotatable bonds is 4. The molecule has 0 fully saturated rings. The first kappa shape index (κ1) is 12.8. The van der Waals surface area contributed by atoms with Crippen LogP contribution >= 0.6 is 0 Å². The quantitative estimate of drug-likeness (QED) is 0.654. The number of H-pyrrole nitrogens is 1. The summed E-state index contributed by atoms with van der Waals surface area (Å²) in [5.41, 5.74) is 6.91. The second kappa shape index (κ2) is 5.32. The first-order chi connectivity index (χ1) is 9.09. The molecule has 2 aromatic rings. The molecular weight excluding hydrogens is 250 g/mol. The van der Waals surface area contributed by atoms with Gasteiger partial charge in [0.1, 0.15) is 5.56 Å². The van der Waals surface area contributed by atoms with Crippen molar-refractivity contribution >= 4 is 22.7 Å². The number of hydrogen-bond acceptors (Lipinski definition) is 4. The molecule has 2 rings (SSSR count). The van der Waals surface area contributed by atoms with E-state index in [9.17, 15) is 14.4 Å². The smallest absolute Gasteiger partial charge is 0.280 e. The van der Waals surface area contributed by atoms with E-state index < -0.39 is 23.9 Å². The van der Waals surface area contributed by atoms with Crippen LogP contribution in [0.1, 0.15) is 10.4 Å². The summed E-state index contributed by atoms with van der Waals surface area (Å²) in [7, 11) is 0. The summed E-state index contributed by atoms with van der Waals surface area (Å²) in [5.74, 6) is -1.47. The standard InChI is InChI=1S/C12H11N3O4/c13-10(16)6-19-15-12(18)8-5-14-9-4-2-1-3-7(9)11(8)17/h1-5H,6H2,(H2,13,16)(H,14,17)(H,15,18). The van der Waals surface area contributed by atoms with Crippen molar-refractivity contribution in [2.45, 2.75) is 0 Å². The molecule has 7 heteroatoms. The molecule has 0 unspecified atom stereocenters. The number of para-hydroxylation sites is 1. The van der Waals surface area contributed by atoms with E-state index >= 15 is 0 Å². The van der Waals surface area contributed by atoms with Gasteiger partial charge in [-0.05, 0) is 12.1 Å². The van der Waals surface area contributed by atoms with Crippen molar-refractivity contribution in [3.05, 3.63) is 46.2 Å². The molecule has 0 radical (unpaired) electrons. The molecule has 0 saturated heterocycles. The summed E-state index contributed by atoms with van der Waals surface area (Å²) < 4.78 is 0. The number of hydroxylamine groups is 1. The number of amides is 2. The predicted molar refractivity (Wildman–Crippen MR) is 67.2 cm³/mol. The summed E-state index contributed by atoms with van der Waals surface area (Å²) in [6.45, 7) is -0.461. The van der Waals surface area contributed by atoms with Gasteiger partial charge in [0.15, 0.2) is 6.61 Å². The highest BCUT2D eigenvalue weighted by Crippen LogP contribution is 2.06. The Morgan fingerprint density at radius 1 is 1.32 bits per heavy atom. The topological polar surface area (TPSA) is 114 Å². The van der Waals surface area contributed by atoms with Crippen molar-refractivity contribution in [1.82, 2.24) is 10.5 Å². The molecule has 0 bridgehead atoms. The fourth-order valence-electron chi connectivity index (χ4n) is 1.56. The molecule has 1 aromatic carbocycles. The van der Waals surface area contributed by atoms with Crippen molar-refractivity contribution in [3.8, 4) is 0 Å². The van der Waals surface area contributed by atoms with Crippen LogP contribution in [-0.4, -0.2) is 23.4 Å². The zero-order valence-electron chi connectivity index (χ0n) is 9.80. The number of fused-ring (bicyclic) bond motifs is 1. The Morgan fingerprint density at radius 3 is 2.79 bits per heavy atom. The second-order valence-corrected chi connectivity index (χ2v) is 3.76. The number of pyridine rings is 1. The number of benzene rings is 1. The normalized spacial score (nSPS) is 10.3. The van der Waals surface area contributed by atoms with Gasteiger partial charge in [-0.2, -0.15) is 0 Å². The maximum Gasteiger partial charge on any atom is 0.280 e. The molecule has 0 saturated carbocycles. The van der Waals surface area contributed by atoms with Gasteiger partial charge >= 0.3 is 0 Å². The van der Waals surface area contributed by atoms with Crippen molar-refractivity contribution in [2.24, 2.45) is 5.73 Å². The molecule has 7 nitrogen and oxygen atoms in total.